The number of rotatable bonds is 5. The molecule has 5 nitrogen and oxygen atoms in total. The van der Waals surface area contributed by atoms with E-state index >= 15 is 0 Å². The molecule has 0 spiro atoms. The number of carbonyl (C=O) groups excluding carboxylic acids is 1. The smallest absolute Gasteiger partial charge is 0.251 e. The molecule has 0 saturated carbocycles. The lowest BCUT2D eigenvalue weighted by atomic mass is 10.1. The third-order valence-electron chi connectivity index (χ3n) is 2.73. The minimum absolute atomic E-state index is 0.162. The number of amides is 1. The van der Waals surface area contributed by atoms with Gasteiger partial charge in [0.15, 0.2) is 0 Å². The highest BCUT2D eigenvalue weighted by Gasteiger charge is 2.08. The summed E-state index contributed by atoms with van der Waals surface area (Å²) in [5, 5.41) is 2.81. The Hall–Kier alpha value is -2.43. The van der Waals surface area contributed by atoms with Crippen LogP contribution in [0.2, 0.25) is 0 Å². The standard InChI is InChI=1S/C14H16N2O3/c1-18-13-9-10(4-5-12(13)15)14(17)16-7-6-11-3-2-8-19-11/h2-5,8-9H,6-7,15H2,1H3,(H,16,17). The number of furan rings is 1. The highest BCUT2D eigenvalue weighted by Crippen LogP contribution is 2.21. The van der Waals surface area contributed by atoms with Crippen molar-refractivity contribution in [3.63, 3.8) is 0 Å². The molecule has 0 saturated heterocycles. The van der Waals surface area contributed by atoms with E-state index < -0.39 is 0 Å². The molecule has 1 heterocycles. The van der Waals surface area contributed by atoms with Gasteiger partial charge in [0.2, 0.25) is 0 Å². The maximum Gasteiger partial charge on any atom is 0.251 e. The predicted molar refractivity (Wildman–Crippen MR) is 72.2 cm³/mol. The summed E-state index contributed by atoms with van der Waals surface area (Å²) in [6, 6.07) is 8.64. The van der Waals surface area contributed by atoms with Crippen LogP contribution in [0.5, 0.6) is 5.75 Å². The van der Waals surface area contributed by atoms with Gasteiger partial charge in [0.05, 0.1) is 19.1 Å². The summed E-state index contributed by atoms with van der Waals surface area (Å²) in [4.78, 5) is 11.9. The fraction of sp³-hybridized carbons (Fsp3) is 0.214. The first-order chi connectivity index (χ1) is 9.20. The molecule has 1 amide bonds. The van der Waals surface area contributed by atoms with Crippen LogP contribution in [0.4, 0.5) is 5.69 Å². The minimum Gasteiger partial charge on any atom is -0.495 e. The third kappa shape index (κ3) is 3.28. The zero-order chi connectivity index (χ0) is 13.7. The van der Waals surface area contributed by atoms with Gasteiger partial charge in [0, 0.05) is 18.5 Å². The van der Waals surface area contributed by atoms with Crippen LogP contribution in [0.3, 0.4) is 0 Å². The molecule has 5 heteroatoms. The zero-order valence-electron chi connectivity index (χ0n) is 10.7. The number of anilines is 1. The van der Waals surface area contributed by atoms with Crippen molar-refractivity contribution >= 4 is 11.6 Å². The summed E-state index contributed by atoms with van der Waals surface area (Å²) in [5.41, 5.74) is 6.72. The van der Waals surface area contributed by atoms with E-state index in [9.17, 15) is 4.79 Å². The van der Waals surface area contributed by atoms with Gasteiger partial charge in [0.25, 0.3) is 5.91 Å². The monoisotopic (exact) mass is 260 g/mol. The maximum absolute atomic E-state index is 11.9. The molecule has 2 aromatic rings. The topological polar surface area (TPSA) is 77.5 Å². The molecule has 100 valence electrons. The van der Waals surface area contributed by atoms with Crippen LogP contribution in [-0.4, -0.2) is 19.6 Å². The Morgan fingerprint density at radius 2 is 2.26 bits per heavy atom. The van der Waals surface area contributed by atoms with Crippen LogP contribution in [0.1, 0.15) is 16.1 Å². The van der Waals surface area contributed by atoms with Crippen molar-refractivity contribution in [3.05, 3.63) is 47.9 Å². The van der Waals surface area contributed by atoms with E-state index in [4.69, 9.17) is 14.9 Å². The number of nitrogens with two attached hydrogens (primary N) is 1. The second kappa shape index (κ2) is 5.95. The zero-order valence-corrected chi connectivity index (χ0v) is 10.7. The summed E-state index contributed by atoms with van der Waals surface area (Å²) >= 11 is 0. The number of hydrogen-bond donors (Lipinski definition) is 2. The molecule has 0 radical (unpaired) electrons. The number of carbonyl (C=O) groups is 1. The van der Waals surface area contributed by atoms with Crippen molar-refractivity contribution in [1.82, 2.24) is 5.32 Å². The quantitative estimate of drug-likeness (QED) is 0.804. The lowest BCUT2D eigenvalue weighted by Crippen LogP contribution is -2.25. The molecule has 2 rings (SSSR count). The van der Waals surface area contributed by atoms with E-state index in [0.29, 0.717) is 30.0 Å². The van der Waals surface area contributed by atoms with Gasteiger partial charge >= 0.3 is 0 Å². The molecule has 3 N–H and O–H groups in total. The molecular weight excluding hydrogens is 244 g/mol. The second-order valence-electron chi connectivity index (χ2n) is 4.04. The van der Waals surface area contributed by atoms with E-state index in [1.807, 2.05) is 12.1 Å². The van der Waals surface area contributed by atoms with E-state index in [2.05, 4.69) is 5.32 Å². The van der Waals surface area contributed by atoms with E-state index in [-0.39, 0.29) is 5.91 Å². The molecule has 0 atom stereocenters. The maximum atomic E-state index is 11.9. The van der Waals surface area contributed by atoms with Crippen LogP contribution in [0.25, 0.3) is 0 Å². The highest BCUT2D eigenvalue weighted by atomic mass is 16.5. The first-order valence-electron chi connectivity index (χ1n) is 5.95. The lowest BCUT2D eigenvalue weighted by molar-refractivity contribution is 0.0953. The van der Waals surface area contributed by atoms with Crippen molar-refractivity contribution in [1.29, 1.82) is 0 Å². The van der Waals surface area contributed by atoms with E-state index in [0.717, 1.165) is 5.76 Å². The summed E-state index contributed by atoms with van der Waals surface area (Å²) < 4.78 is 10.3. The Balaban J connectivity index is 1.92. The summed E-state index contributed by atoms with van der Waals surface area (Å²) in [6.07, 6.45) is 2.27. The van der Waals surface area contributed by atoms with Crippen LogP contribution in [0, 0.1) is 0 Å². The SMILES string of the molecule is COc1cc(C(=O)NCCc2ccco2)ccc1N. The minimum atomic E-state index is -0.162. The molecule has 0 aliphatic heterocycles. The number of methoxy groups -OCH3 is 1. The Bertz CT molecular complexity index is 550. The van der Waals surface area contributed by atoms with Gasteiger partial charge in [-0.15, -0.1) is 0 Å². The van der Waals surface area contributed by atoms with Crippen molar-refractivity contribution in [2.24, 2.45) is 0 Å². The number of hydrogen-bond acceptors (Lipinski definition) is 4. The first-order valence-corrected chi connectivity index (χ1v) is 5.95. The fourth-order valence-corrected chi connectivity index (χ4v) is 1.71. The molecular formula is C14H16N2O3. The van der Waals surface area contributed by atoms with Crippen LogP contribution >= 0.6 is 0 Å². The lowest BCUT2D eigenvalue weighted by Gasteiger charge is -2.08. The average Bonchev–Trinajstić information content (AvgIpc) is 2.92. The Labute approximate surface area is 111 Å². The summed E-state index contributed by atoms with van der Waals surface area (Å²) in [7, 11) is 1.52. The largest absolute Gasteiger partial charge is 0.495 e. The number of nitrogen functional groups attached to an aromatic ring is 1. The Morgan fingerprint density at radius 1 is 1.42 bits per heavy atom. The van der Waals surface area contributed by atoms with Gasteiger partial charge < -0.3 is 20.2 Å². The van der Waals surface area contributed by atoms with Gasteiger partial charge in [-0.2, -0.15) is 0 Å². The highest BCUT2D eigenvalue weighted by molar-refractivity contribution is 5.95. The molecule has 0 aliphatic rings. The van der Waals surface area contributed by atoms with Crippen molar-refractivity contribution in [2.75, 3.05) is 19.4 Å². The molecule has 0 unspecified atom stereocenters. The number of benzene rings is 1. The predicted octanol–water partition coefficient (Wildman–Crippen LogP) is 1.84. The molecule has 19 heavy (non-hydrogen) atoms. The van der Waals surface area contributed by atoms with Crippen molar-refractivity contribution in [3.8, 4) is 5.75 Å². The van der Waals surface area contributed by atoms with Gasteiger partial charge in [-0.05, 0) is 30.3 Å². The Kier molecular flexibility index (Phi) is 4.07. The van der Waals surface area contributed by atoms with Gasteiger partial charge in [-0.3, -0.25) is 4.79 Å². The fourth-order valence-electron chi connectivity index (χ4n) is 1.71. The van der Waals surface area contributed by atoms with E-state index in [1.54, 1.807) is 24.5 Å². The molecule has 1 aromatic heterocycles. The van der Waals surface area contributed by atoms with Crippen LogP contribution < -0.4 is 15.8 Å². The molecule has 0 bridgehead atoms. The number of ether oxygens (including phenoxy) is 1. The van der Waals surface area contributed by atoms with Gasteiger partial charge in [-0.1, -0.05) is 0 Å². The molecule has 1 aromatic carbocycles. The van der Waals surface area contributed by atoms with Gasteiger partial charge in [0.1, 0.15) is 11.5 Å². The van der Waals surface area contributed by atoms with Crippen molar-refractivity contribution in [2.45, 2.75) is 6.42 Å². The third-order valence-corrected chi connectivity index (χ3v) is 2.73. The average molecular weight is 260 g/mol. The van der Waals surface area contributed by atoms with Crippen LogP contribution in [0.15, 0.2) is 41.0 Å². The van der Waals surface area contributed by atoms with Crippen LogP contribution in [-0.2, 0) is 6.42 Å². The number of nitrogens with one attached hydrogen (secondary N) is 1. The summed E-state index contributed by atoms with van der Waals surface area (Å²) in [6.45, 7) is 0.513. The summed E-state index contributed by atoms with van der Waals surface area (Å²) in [5.74, 6) is 1.18. The molecule has 0 fully saturated rings. The van der Waals surface area contributed by atoms with Crippen molar-refractivity contribution < 1.29 is 13.9 Å². The van der Waals surface area contributed by atoms with Gasteiger partial charge in [-0.25, -0.2) is 0 Å². The second-order valence-corrected chi connectivity index (χ2v) is 4.04. The van der Waals surface area contributed by atoms with E-state index in [1.165, 1.54) is 7.11 Å². The normalized spacial score (nSPS) is 10.2. The Morgan fingerprint density at radius 3 is 2.95 bits per heavy atom. The first kappa shape index (κ1) is 13.0. The molecule has 0 aliphatic carbocycles.